The SMILES string of the molecule is [2H]C([2H])(c1ccnc(-c2cccc3c2oc2nc(-c4ccccc4)ccc23)c1)C(C)(C)C. The molecule has 0 amide bonds. The van der Waals surface area contributed by atoms with Crippen molar-refractivity contribution in [2.45, 2.75) is 27.1 Å². The molecule has 3 aromatic heterocycles. The molecule has 0 radical (unpaired) electrons. The Kier molecular flexibility index (Phi) is 3.87. The van der Waals surface area contributed by atoms with Crippen molar-refractivity contribution in [2.24, 2.45) is 5.41 Å². The summed E-state index contributed by atoms with van der Waals surface area (Å²) in [4.78, 5) is 9.30. The van der Waals surface area contributed by atoms with Gasteiger partial charge in [0.1, 0.15) is 5.58 Å². The van der Waals surface area contributed by atoms with Crippen LogP contribution in [0.15, 0.2) is 83.4 Å². The molecule has 0 unspecified atom stereocenters. The Labute approximate surface area is 179 Å². The molecule has 5 aromatic rings. The van der Waals surface area contributed by atoms with E-state index in [4.69, 9.17) is 12.1 Å². The zero-order valence-electron chi connectivity index (χ0n) is 19.3. The third-order valence-electron chi connectivity index (χ3n) is 4.99. The van der Waals surface area contributed by atoms with Crippen LogP contribution in [0.1, 0.15) is 29.1 Å². The van der Waals surface area contributed by atoms with E-state index in [9.17, 15) is 0 Å². The van der Waals surface area contributed by atoms with Crippen molar-refractivity contribution in [3.05, 3.63) is 84.6 Å². The Balaban J connectivity index is 1.67. The van der Waals surface area contributed by atoms with Crippen LogP contribution in [0.2, 0.25) is 0 Å². The van der Waals surface area contributed by atoms with Gasteiger partial charge in [-0.1, -0.05) is 63.2 Å². The van der Waals surface area contributed by atoms with Gasteiger partial charge in [-0.05, 0) is 47.7 Å². The Morgan fingerprint density at radius 1 is 0.867 bits per heavy atom. The Bertz CT molecular complexity index is 1430. The van der Waals surface area contributed by atoms with E-state index >= 15 is 0 Å². The molecule has 0 spiro atoms. The second kappa shape index (κ2) is 7.10. The van der Waals surface area contributed by atoms with E-state index in [1.54, 1.807) is 12.3 Å². The summed E-state index contributed by atoms with van der Waals surface area (Å²) >= 11 is 0. The summed E-state index contributed by atoms with van der Waals surface area (Å²) in [6, 6.07) is 23.6. The topological polar surface area (TPSA) is 38.9 Å². The number of pyridine rings is 2. The minimum atomic E-state index is -1.50. The molecular formula is C27H24N2O. The van der Waals surface area contributed by atoms with Gasteiger partial charge in [-0.2, -0.15) is 0 Å². The first-order valence-electron chi connectivity index (χ1n) is 11.1. The van der Waals surface area contributed by atoms with Gasteiger partial charge < -0.3 is 4.42 Å². The van der Waals surface area contributed by atoms with Gasteiger partial charge in [-0.25, -0.2) is 4.98 Å². The van der Waals surface area contributed by atoms with Crippen molar-refractivity contribution in [2.75, 3.05) is 0 Å². The zero-order valence-corrected chi connectivity index (χ0v) is 17.3. The van der Waals surface area contributed by atoms with Gasteiger partial charge in [0.2, 0.25) is 5.71 Å². The summed E-state index contributed by atoms with van der Waals surface area (Å²) in [5.74, 6) is 0. The fraction of sp³-hybridized carbons (Fsp3) is 0.185. The molecule has 3 heterocycles. The first kappa shape index (κ1) is 16.3. The third kappa shape index (κ3) is 3.48. The molecular weight excluding hydrogens is 368 g/mol. The summed E-state index contributed by atoms with van der Waals surface area (Å²) < 4.78 is 23.5. The number of rotatable bonds is 3. The van der Waals surface area contributed by atoms with Crippen LogP contribution < -0.4 is 0 Å². The highest BCUT2D eigenvalue weighted by molar-refractivity contribution is 6.08. The number of furan rings is 1. The zero-order chi connectivity index (χ0) is 22.5. The smallest absolute Gasteiger partial charge is 0.227 e. The van der Waals surface area contributed by atoms with E-state index in [2.05, 4.69) is 4.98 Å². The fourth-order valence-corrected chi connectivity index (χ4v) is 3.74. The molecule has 0 aliphatic heterocycles. The van der Waals surface area contributed by atoms with E-state index in [0.29, 0.717) is 22.6 Å². The minimum Gasteiger partial charge on any atom is -0.437 e. The van der Waals surface area contributed by atoms with E-state index < -0.39 is 11.8 Å². The summed E-state index contributed by atoms with van der Waals surface area (Å²) in [6.45, 7) is 5.72. The van der Waals surface area contributed by atoms with E-state index in [-0.39, 0.29) is 0 Å². The van der Waals surface area contributed by atoms with Gasteiger partial charge in [0.05, 0.1) is 11.4 Å². The maximum absolute atomic E-state index is 8.64. The van der Waals surface area contributed by atoms with Crippen LogP contribution >= 0.6 is 0 Å². The second-order valence-corrected chi connectivity index (χ2v) is 8.50. The van der Waals surface area contributed by atoms with Crippen LogP contribution in [0.5, 0.6) is 0 Å². The quantitative estimate of drug-likeness (QED) is 0.322. The summed E-state index contributed by atoms with van der Waals surface area (Å²) in [5.41, 5.74) is 4.75. The molecule has 0 atom stereocenters. The second-order valence-electron chi connectivity index (χ2n) is 8.50. The lowest BCUT2D eigenvalue weighted by atomic mass is 9.88. The van der Waals surface area contributed by atoms with Crippen molar-refractivity contribution in [3.63, 3.8) is 0 Å². The van der Waals surface area contributed by atoms with Gasteiger partial charge in [0, 0.05) is 30.8 Å². The number of hydrogen-bond acceptors (Lipinski definition) is 3. The lowest BCUT2D eigenvalue weighted by molar-refractivity contribution is 0.411. The molecule has 0 fully saturated rings. The predicted octanol–water partition coefficient (Wildman–Crippen LogP) is 7.30. The molecule has 0 saturated heterocycles. The van der Waals surface area contributed by atoms with Crippen LogP contribution in [0.25, 0.3) is 44.6 Å². The largest absolute Gasteiger partial charge is 0.437 e. The van der Waals surface area contributed by atoms with E-state index in [1.165, 1.54) is 0 Å². The first-order chi connectivity index (χ1) is 15.3. The molecule has 148 valence electrons. The summed E-state index contributed by atoms with van der Waals surface area (Å²) in [6.07, 6.45) is 0.167. The van der Waals surface area contributed by atoms with Gasteiger partial charge in [0.25, 0.3) is 0 Å². The minimum absolute atomic E-state index is 0.547. The molecule has 30 heavy (non-hydrogen) atoms. The van der Waals surface area contributed by atoms with Crippen molar-refractivity contribution >= 4 is 22.1 Å². The normalized spacial score (nSPS) is 13.4. The number of fused-ring (bicyclic) bond motifs is 3. The van der Waals surface area contributed by atoms with Crippen molar-refractivity contribution in [1.82, 2.24) is 9.97 Å². The Hall–Kier alpha value is -3.46. The van der Waals surface area contributed by atoms with Crippen molar-refractivity contribution < 1.29 is 7.16 Å². The molecule has 5 rings (SSSR count). The summed E-state index contributed by atoms with van der Waals surface area (Å²) in [7, 11) is 0. The number of nitrogens with zero attached hydrogens (tertiary/aromatic N) is 2. The maximum atomic E-state index is 8.64. The van der Waals surface area contributed by atoms with Gasteiger partial charge in [-0.15, -0.1) is 0 Å². The number of para-hydroxylation sites is 1. The highest BCUT2D eigenvalue weighted by Gasteiger charge is 2.16. The average Bonchev–Trinajstić information content (AvgIpc) is 3.17. The fourth-order valence-electron chi connectivity index (χ4n) is 3.74. The molecule has 0 bridgehead atoms. The molecule has 0 aliphatic carbocycles. The highest BCUT2D eigenvalue weighted by Crippen LogP contribution is 2.36. The highest BCUT2D eigenvalue weighted by atomic mass is 16.3. The van der Waals surface area contributed by atoms with Crippen LogP contribution in [-0.2, 0) is 6.37 Å². The summed E-state index contributed by atoms with van der Waals surface area (Å²) in [5, 5.41) is 1.92. The third-order valence-corrected chi connectivity index (χ3v) is 4.99. The molecule has 0 aliphatic rings. The van der Waals surface area contributed by atoms with E-state index in [0.717, 1.165) is 27.6 Å². The maximum Gasteiger partial charge on any atom is 0.227 e. The Morgan fingerprint density at radius 2 is 1.70 bits per heavy atom. The first-order valence-corrected chi connectivity index (χ1v) is 10.1. The molecule has 3 nitrogen and oxygen atoms in total. The number of benzene rings is 2. The van der Waals surface area contributed by atoms with Crippen molar-refractivity contribution in [1.29, 1.82) is 0 Å². The Morgan fingerprint density at radius 3 is 2.50 bits per heavy atom. The molecule has 3 heteroatoms. The molecule has 0 N–H and O–H groups in total. The van der Waals surface area contributed by atoms with E-state index in [1.807, 2.05) is 87.5 Å². The standard InChI is InChI=1S/C27H24N2O/c1-27(2,3)17-18-14-15-28-24(16-18)22-11-7-10-20-21-12-13-23(19-8-5-4-6-9-19)29-26(21)30-25(20)22/h4-16H,17H2,1-3H3/i17D2. The van der Waals surface area contributed by atoms with Gasteiger partial charge in [-0.3, -0.25) is 4.98 Å². The predicted molar refractivity (Wildman–Crippen MR) is 123 cm³/mol. The van der Waals surface area contributed by atoms with Crippen LogP contribution in [-0.4, -0.2) is 9.97 Å². The van der Waals surface area contributed by atoms with Crippen molar-refractivity contribution in [3.8, 4) is 22.5 Å². The average molecular weight is 395 g/mol. The monoisotopic (exact) mass is 394 g/mol. The van der Waals surface area contributed by atoms with Crippen LogP contribution in [0, 0.1) is 5.41 Å². The van der Waals surface area contributed by atoms with Gasteiger partial charge >= 0.3 is 0 Å². The number of hydrogen-bond donors (Lipinski definition) is 0. The number of aromatic nitrogens is 2. The van der Waals surface area contributed by atoms with Gasteiger partial charge in [0.15, 0.2) is 0 Å². The molecule has 0 saturated carbocycles. The van der Waals surface area contributed by atoms with Crippen LogP contribution in [0.4, 0.5) is 0 Å². The lowest BCUT2D eigenvalue weighted by Crippen LogP contribution is -2.09. The van der Waals surface area contributed by atoms with Crippen LogP contribution in [0.3, 0.4) is 0 Å². The lowest BCUT2D eigenvalue weighted by Gasteiger charge is -2.18. The molecule has 2 aromatic carbocycles.